The summed E-state index contributed by atoms with van der Waals surface area (Å²) in [4.78, 5) is 17.9. The number of hydrogen-bond donors (Lipinski definition) is 2. The van der Waals surface area contributed by atoms with Crippen molar-refractivity contribution in [3.05, 3.63) is 17.8 Å². The van der Waals surface area contributed by atoms with E-state index in [2.05, 4.69) is 23.7 Å². The molecule has 1 amide bonds. The fourth-order valence-electron chi connectivity index (χ4n) is 2.86. The predicted octanol–water partition coefficient (Wildman–Crippen LogP) is 2.03. The maximum atomic E-state index is 11.4. The van der Waals surface area contributed by atoms with Crippen LogP contribution in [0.25, 0.3) is 0 Å². The van der Waals surface area contributed by atoms with E-state index in [1.807, 2.05) is 0 Å². The summed E-state index contributed by atoms with van der Waals surface area (Å²) < 4.78 is 0. The normalized spacial score (nSPS) is 19.9. The van der Waals surface area contributed by atoms with Gasteiger partial charge < -0.3 is 16.4 Å². The van der Waals surface area contributed by atoms with Crippen LogP contribution in [0.1, 0.15) is 43.5 Å². The molecule has 1 unspecified atom stereocenters. The Labute approximate surface area is 120 Å². The summed E-state index contributed by atoms with van der Waals surface area (Å²) in [6.45, 7) is 6.51. The standard InChI is InChI=1S/C15H24N4O/c1-10(2)11-4-3-6-19(7-5-11)14-8-12(15(17)20)13(16)9-18-14/h8-11H,3-7,16H2,1-2H3,(H2,17,20). The molecular weight excluding hydrogens is 252 g/mol. The number of carbonyl (C=O) groups is 1. The third kappa shape index (κ3) is 3.21. The minimum Gasteiger partial charge on any atom is -0.397 e. The first kappa shape index (κ1) is 14.6. The van der Waals surface area contributed by atoms with Gasteiger partial charge in [-0.2, -0.15) is 0 Å². The molecular formula is C15H24N4O. The van der Waals surface area contributed by atoms with Crippen molar-refractivity contribution in [2.45, 2.75) is 33.1 Å². The highest BCUT2D eigenvalue weighted by Crippen LogP contribution is 2.27. The van der Waals surface area contributed by atoms with Gasteiger partial charge in [-0.15, -0.1) is 0 Å². The van der Waals surface area contributed by atoms with Gasteiger partial charge in [-0.25, -0.2) is 4.98 Å². The molecule has 20 heavy (non-hydrogen) atoms. The maximum absolute atomic E-state index is 11.4. The van der Waals surface area contributed by atoms with Crippen molar-refractivity contribution in [3.8, 4) is 0 Å². The van der Waals surface area contributed by atoms with Gasteiger partial charge in [0.1, 0.15) is 5.82 Å². The molecule has 1 aliphatic heterocycles. The van der Waals surface area contributed by atoms with Crippen molar-refractivity contribution in [1.29, 1.82) is 0 Å². The average Bonchev–Trinajstić information content (AvgIpc) is 2.64. The van der Waals surface area contributed by atoms with E-state index < -0.39 is 5.91 Å². The van der Waals surface area contributed by atoms with Crippen LogP contribution in [0.2, 0.25) is 0 Å². The number of primary amides is 1. The molecule has 0 aromatic carbocycles. The average molecular weight is 276 g/mol. The molecule has 1 aliphatic rings. The number of nitrogen functional groups attached to an aromatic ring is 1. The first-order valence-corrected chi connectivity index (χ1v) is 7.29. The van der Waals surface area contributed by atoms with E-state index in [9.17, 15) is 4.79 Å². The molecule has 0 aliphatic carbocycles. The van der Waals surface area contributed by atoms with Crippen molar-refractivity contribution in [3.63, 3.8) is 0 Å². The van der Waals surface area contributed by atoms with Crippen LogP contribution in [-0.2, 0) is 0 Å². The molecule has 0 radical (unpaired) electrons. The highest BCUT2D eigenvalue weighted by atomic mass is 16.1. The van der Waals surface area contributed by atoms with Gasteiger partial charge in [0, 0.05) is 13.1 Å². The zero-order valence-corrected chi connectivity index (χ0v) is 12.3. The number of nitrogens with zero attached hydrogens (tertiary/aromatic N) is 2. The van der Waals surface area contributed by atoms with E-state index in [0.717, 1.165) is 43.6 Å². The van der Waals surface area contributed by atoms with Crippen molar-refractivity contribution in [2.75, 3.05) is 23.7 Å². The number of carbonyl (C=O) groups excluding carboxylic acids is 1. The van der Waals surface area contributed by atoms with Crippen molar-refractivity contribution >= 4 is 17.4 Å². The van der Waals surface area contributed by atoms with Crippen LogP contribution in [0, 0.1) is 11.8 Å². The highest BCUT2D eigenvalue weighted by Gasteiger charge is 2.21. The van der Waals surface area contributed by atoms with Gasteiger partial charge in [0.25, 0.3) is 5.91 Å². The molecule has 2 heterocycles. The Morgan fingerprint density at radius 1 is 1.40 bits per heavy atom. The van der Waals surface area contributed by atoms with E-state index in [-0.39, 0.29) is 0 Å². The van der Waals surface area contributed by atoms with E-state index in [1.54, 1.807) is 6.07 Å². The molecule has 0 bridgehead atoms. The molecule has 0 spiro atoms. The van der Waals surface area contributed by atoms with Crippen LogP contribution >= 0.6 is 0 Å². The summed E-state index contributed by atoms with van der Waals surface area (Å²) in [5, 5.41) is 0. The molecule has 5 heteroatoms. The van der Waals surface area contributed by atoms with Gasteiger partial charge in [0.2, 0.25) is 0 Å². The third-order valence-corrected chi connectivity index (χ3v) is 4.23. The predicted molar refractivity (Wildman–Crippen MR) is 81.6 cm³/mol. The Morgan fingerprint density at radius 3 is 2.80 bits per heavy atom. The van der Waals surface area contributed by atoms with Gasteiger partial charge in [0.15, 0.2) is 0 Å². The van der Waals surface area contributed by atoms with E-state index in [1.165, 1.54) is 12.6 Å². The molecule has 2 rings (SSSR count). The number of hydrogen-bond acceptors (Lipinski definition) is 4. The summed E-state index contributed by atoms with van der Waals surface area (Å²) in [5.74, 6) is 1.79. The monoisotopic (exact) mass is 276 g/mol. The Hall–Kier alpha value is -1.78. The molecule has 1 aromatic rings. The minimum atomic E-state index is -0.499. The van der Waals surface area contributed by atoms with Crippen molar-refractivity contribution in [2.24, 2.45) is 17.6 Å². The Balaban J connectivity index is 2.15. The lowest BCUT2D eigenvalue weighted by Crippen LogP contribution is -2.26. The lowest BCUT2D eigenvalue weighted by molar-refractivity contribution is 0.100. The number of nitrogens with two attached hydrogens (primary N) is 2. The Kier molecular flexibility index (Phi) is 4.47. The molecule has 4 N–H and O–H groups in total. The zero-order valence-electron chi connectivity index (χ0n) is 12.3. The van der Waals surface area contributed by atoms with Gasteiger partial charge in [-0.1, -0.05) is 13.8 Å². The number of aromatic nitrogens is 1. The molecule has 110 valence electrons. The highest BCUT2D eigenvalue weighted by molar-refractivity contribution is 5.98. The maximum Gasteiger partial charge on any atom is 0.250 e. The van der Waals surface area contributed by atoms with Gasteiger partial charge in [-0.3, -0.25) is 4.79 Å². The van der Waals surface area contributed by atoms with Crippen LogP contribution in [0.3, 0.4) is 0 Å². The molecule has 5 nitrogen and oxygen atoms in total. The number of amides is 1. The smallest absolute Gasteiger partial charge is 0.250 e. The molecule has 1 atom stereocenters. The molecule has 0 saturated carbocycles. The Bertz CT molecular complexity index is 487. The summed E-state index contributed by atoms with van der Waals surface area (Å²) in [7, 11) is 0. The number of pyridine rings is 1. The largest absolute Gasteiger partial charge is 0.397 e. The van der Waals surface area contributed by atoms with Gasteiger partial charge in [-0.05, 0) is 37.2 Å². The van der Waals surface area contributed by atoms with Crippen LogP contribution in [-0.4, -0.2) is 24.0 Å². The first-order chi connectivity index (χ1) is 9.49. The summed E-state index contributed by atoms with van der Waals surface area (Å²) >= 11 is 0. The molecule has 1 aromatic heterocycles. The van der Waals surface area contributed by atoms with Crippen LogP contribution in [0.4, 0.5) is 11.5 Å². The zero-order chi connectivity index (χ0) is 14.7. The van der Waals surface area contributed by atoms with Crippen LogP contribution in [0.15, 0.2) is 12.3 Å². The van der Waals surface area contributed by atoms with E-state index in [4.69, 9.17) is 11.5 Å². The molecule has 1 fully saturated rings. The fraction of sp³-hybridized carbons (Fsp3) is 0.600. The number of rotatable bonds is 3. The second-order valence-corrected chi connectivity index (χ2v) is 5.92. The second-order valence-electron chi connectivity index (χ2n) is 5.92. The van der Waals surface area contributed by atoms with Crippen LogP contribution in [0.5, 0.6) is 0 Å². The van der Waals surface area contributed by atoms with E-state index in [0.29, 0.717) is 11.3 Å². The van der Waals surface area contributed by atoms with Crippen LogP contribution < -0.4 is 16.4 Å². The summed E-state index contributed by atoms with van der Waals surface area (Å²) in [5.41, 5.74) is 11.8. The topological polar surface area (TPSA) is 85.2 Å². The number of anilines is 2. The van der Waals surface area contributed by atoms with Crippen molar-refractivity contribution < 1.29 is 4.79 Å². The van der Waals surface area contributed by atoms with Crippen molar-refractivity contribution in [1.82, 2.24) is 4.98 Å². The minimum absolute atomic E-state index is 0.344. The van der Waals surface area contributed by atoms with Gasteiger partial charge >= 0.3 is 0 Å². The SMILES string of the molecule is CC(C)C1CCCN(c2cc(C(N)=O)c(N)cn2)CC1. The summed E-state index contributed by atoms with van der Waals surface area (Å²) in [6, 6.07) is 1.72. The fourth-order valence-corrected chi connectivity index (χ4v) is 2.86. The van der Waals surface area contributed by atoms with Gasteiger partial charge in [0.05, 0.1) is 17.4 Å². The quantitative estimate of drug-likeness (QED) is 0.884. The molecule has 1 saturated heterocycles. The lowest BCUT2D eigenvalue weighted by Gasteiger charge is -2.23. The summed E-state index contributed by atoms with van der Waals surface area (Å²) in [6.07, 6.45) is 5.10. The second kappa shape index (κ2) is 6.11. The lowest BCUT2D eigenvalue weighted by atomic mass is 9.89. The first-order valence-electron chi connectivity index (χ1n) is 7.29. The Morgan fingerprint density at radius 2 is 2.15 bits per heavy atom. The third-order valence-electron chi connectivity index (χ3n) is 4.23. The van der Waals surface area contributed by atoms with E-state index >= 15 is 0 Å².